The highest BCUT2D eigenvalue weighted by atomic mass is 32.2. The van der Waals surface area contributed by atoms with Crippen LogP contribution in [0.2, 0.25) is 0 Å². The van der Waals surface area contributed by atoms with Gasteiger partial charge in [-0.25, -0.2) is 0 Å². The maximum Gasteiger partial charge on any atom is 0.0418 e. The predicted octanol–water partition coefficient (Wildman–Crippen LogP) is 2.29. The Balaban J connectivity index is 1.90. The lowest BCUT2D eigenvalue weighted by Gasteiger charge is -2.22. The minimum absolute atomic E-state index is 0.406. The van der Waals surface area contributed by atoms with Gasteiger partial charge in [0.15, 0.2) is 0 Å². The van der Waals surface area contributed by atoms with Gasteiger partial charge in [-0.15, -0.1) is 0 Å². The fraction of sp³-hybridized carbons (Fsp3) is 0.600. The molecule has 0 spiro atoms. The lowest BCUT2D eigenvalue weighted by atomic mass is 9.99. The van der Waals surface area contributed by atoms with Crippen LogP contribution in [0.3, 0.4) is 0 Å². The molecule has 0 aliphatic carbocycles. The molecule has 0 radical (unpaired) electrons. The molecule has 0 amide bonds. The smallest absolute Gasteiger partial charge is 0.0418 e. The van der Waals surface area contributed by atoms with Crippen LogP contribution in [0.25, 0.3) is 0 Å². The quantitative estimate of drug-likeness (QED) is 0.840. The molecule has 0 aromatic heterocycles. The summed E-state index contributed by atoms with van der Waals surface area (Å²) in [6.45, 7) is 4.12. The van der Waals surface area contributed by atoms with Crippen molar-refractivity contribution in [1.29, 1.82) is 0 Å². The molecule has 4 heteroatoms. The minimum Gasteiger partial charge on any atom is -0.385 e. The second kappa shape index (κ2) is 7.06. The van der Waals surface area contributed by atoms with Gasteiger partial charge in [0.25, 0.3) is 0 Å². The first-order valence-electron chi connectivity index (χ1n) is 7.05. The Labute approximate surface area is 118 Å². The van der Waals surface area contributed by atoms with Crippen LogP contribution in [-0.4, -0.2) is 28.8 Å². The second-order valence-corrected chi connectivity index (χ2v) is 6.88. The van der Waals surface area contributed by atoms with Crippen LogP contribution in [-0.2, 0) is 23.8 Å². The maximum atomic E-state index is 11.1. The standard InChI is InChI=1S/C15H24N2OS/c1-12(8-10-19(2)18)17-11-14-6-3-5-13-7-4-9-16-15(13)14/h3,5-6,12,16-17H,4,7-11H2,1-2H3. The summed E-state index contributed by atoms with van der Waals surface area (Å²) in [5.41, 5.74) is 4.11. The van der Waals surface area contributed by atoms with Gasteiger partial charge >= 0.3 is 0 Å². The van der Waals surface area contributed by atoms with E-state index in [0.717, 1.165) is 25.3 Å². The molecule has 19 heavy (non-hydrogen) atoms. The maximum absolute atomic E-state index is 11.1. The zero-order chi connectivity index (χ0) is 13.7. The third-order valence-electron chi connectivity index (χ3n) is 3.64. The van der Waals surface area contributed by atoms with Gasteiger partial charge in [0, 0.05) is 47.6 Å². The summed E-state index contributed by atoms with van der Waals surface area (Å²) in [6.07, 6.45) is 5.14. The Kier molecular flexibility index (Phi) is 5.40. The third-order valence-corrected chi connectivity index (χ3v) is 4.45. The zero-order valence-corrected chi connectivity index (χ0v) is 12.7. The van der Waals surface area contributed by atoms with Crippen LogP contribution in [0.1, 0.15) is 30.9 Å². The Morgan fingerprint density at radius 3 is 3.11 bits per heavy atom. The van der Waals surface area contributed by atoms with Gasteiger partial charge in [-0.05, 0) is 37.3 Å². The van der Waals surface area contributed by atoms with Crippen LogP contribution >= 0.6 is 0 Å². The van der Waals surface area contributed by atoms with Crippen LogP contribution in [0.4, 0.5) is 5.69 Å². The number of anilines is 1. The first-order valence-corrected chi connectivity index (χ1v) is 8.77. The average Bonchev–Trinajstić information content (AvgIpc) is 2.42. The number of para-hydroxylation sites is 1. The van der Waals surface area contributed by atoms with Crippen molar-refractivity contribution >= 4 is 16.5 Å². The Morgan fingerprint density at radius 1 is 1.47 bits per heavy atom. The number of benzene rings is 1. The summed E-state index contributed by atoms with van der Waals surface area (Å²) in [4.78, 5) is 0. The second-order valence-electron chi connectivity index (χ2n) is 5.33. The minimum atomic E-state index is -0.689. The van der Waals surface area contributed by atoms with Crippen LogP contribution in [0.15, 0.2) is 18.2 Å². The molecule has 1 heterocycles. The molecule has 1 aliphatic rings. The van der Waals surface area contributed by atoms with Crippen molar-refractivity contribution in [2.75, 3.05) is 23.9 Å². The summed E-state index contributed by atoms with van der Waals surface area (Å²) < 4.78 is 11.1. The molecule has 2 atom stereocenters. The molecular formula is C15H24N2OS. The van der Waals surface area contributed by atoms with Crippen molar-refractivity contribution in [3.8, 4) is 0 Å². The Morgan fingerprint density at radius 2 is 2.32 bits per heavy atom. The molecule has 2 unspecified atom stereocenters. The van der Waals surface area contributed by atoms with Crippen molar-refractivity contribution < 1.29 is 4.21 Å². The van der Waals surface area contributed by atoms with E-state index in [1.54, 1.807) is 6.26 Å². The fourth-order valence-electron chi connectivity index (χ4n) is 2.46. The van der Waals surface area contributed by atoms with E-state index in [9.17, 15) is 4.21 Å². The molecule has 0 fully saturated rings. The van der Waals surface area contributed by atoms with Crippen molar-refractivity contribution in [2.45, 2.75) is 38.8 Å². The number of aryl methyl sites for hydroxylation is 1. The van der Waals surface area contributed by atoms with Gasteiger partial charge in [-0.3, -0.25) is 4.21 Å². The van der Waals surface area contributed by atoms with E-state index in [-0.39, 0.29) is 0 Å². The van der Waals surface area contributed by atoms with E-state index < -0.39 is 10.8 Å². The van der Waals surface area contributed by atoms with Crippen molar-refractivity contribution in [3.05, 3.63) is 29.3 Å². The van der Waals surface area contributed by atoms with E-state index in [1.807, 2.05) is 0 Å². The number of hydrogen-bond donors (Lipinski definition) is 2. The van der Waals surface area contributed by atoms with Crippen LogP contribution in [0.5, 0.6) is 0 Å². The first-order chi connectivity index (χ1) is 9.16. The van der Waals surface area contributed by atoms with Crippen LogP contribution < -0.4 is 10.6 Å². The van der Waals surface area contributed by atoms with Crippen molar-refractivity contribution in [1.82, 2.24) is 5.32 Å². The first kappa shape index (κ1) is 14.5. The SMILES string of the molecule is CC(CCS(C)=O)NCc1cccc2c1NCCC2. The number of fused-ring (bicyclic) bond motifs is 1. The molecular weight excluding hydrogens is 256 g/mol. The molecule has 0 saturated carbocycles. The van der Waals surface area contributed by atoms with Gasteiger partial charge in [0.05, 0.1) is 0 Å². The third kappa shape index (κ3) is 4.32. The van der Waals surface area contributed by atoms with E-state index in [2.05, 4.69) is 35.8 Å². The lowest BCUT2D eigenvalue weighted by molar-refractivity contribution is 0.535. The normalized spacial score (nSPS) is 17.4. The molecule has 106 valence electrons. The summed E-state index contributed by atoms with van der Waals surface area (Å²) in [5.74, 6) is 0.777. The predicted molar refractivity (Wildman–Crippen MR) is 83.1 cm³/mol. The van der Waals surface area contributed by atoms with Gasteiger partial charge in [-0.1, -0.05) is 18.2 Å². The van der Waals surface area contributed by atoms with Crippen molar-refractivity contribution in [3.63, 3.8) is 0 Å². The zero-order valence-electron chi connectivity index (χ0n) is 11.9. The van der Waals surface area contributed by atoms with Crippen molar-refractivity contribution in [2.24, 2.45) is 0 Å². The molecule has 0 saturated heterocycles. The van der Waals surface area contributed by atoms with E-state index in [4.69, 9.17) is 0 Å². The number of hydrogen-bond acceptors (Lipinski definition) is 3. The van der Waals surface area contributed by atoms with E-state index >= 15 is 0 Å². The van der Waals surface area contributed by atoms with E-state index in [0.29, 0.717) is 6.04 Å². The van der Waals surface area contributed by atoms with E-state index in [1.165, 1.54) is 29.7 Å². The highest BCUT2D eigenvalue weighted by Gasteiger charge is 2.12. The summed E-state index contributed by atoms with van der Waals surface area (Å²) in [7, 11) is -0.689. The molecule has 1 aromatic rings. The molecule has 0 bridgehead atoms. The fourth-order valence-corrected chi connectivity index (χ4v) is 3.14. The van der Waals surface area contributed by atoms with Gasteiger partial charge < -0.3 is 10.6 Å². The molecule has 3 nitrogen and oxygen atoms in total. The Bertz CT molecular complexity index is 448. The van der Waals surface area contributed by atoms with Gasteiger partial charge in [0.2, 0.25) is 0 Å². The summed E-state index contributed by atoms with van der Waals surface area (Å²) >= 11 is 0. The Hall–Kier alpha value is -0.870. The highest BCUT2D eigenvalue weighted by Crippen LogP contribution is 2.25. The average molecular weight is 280 g/mol. The monoisotopic (exact) mass is 280 g/mol. The molecule has 2 rings (SSSR count). The number of nitrogens with one attached hydrogen (secondary N) is 2. The summed E-state index contributed by atoms with van der Waals surface area (Å²) in [6, 6.07) is 6.96. The molecule has 1 aromatic carbocycles. The summed E-state index contributed by atoms with van der Waals surface area (Å²) in [5, 5.41) is 7.05. The van der Waals surface area contributed by atoms with Gasteiger partial charge in [0.1, 0.15) is 0 Å². The molecule has 1 aliphatic heterocycles. The van der Waals surface area contributed by atoms with Gasteiger partial charge in [-0.2, -0.15) is 0 Å². The topological polar surface area (TPSA) is 41.1 Å². The van der Waals surface area contributed by atoms with Crippen LogP contribution in [0, 0.1) is 0 Å². The lowest BCUT2D eigenvalue weighted by Crippen LogP contribution is -2.28. The molecule has 2 N–H and O–H groups in total. The largest absolute Gasteiger partial charge is 0.385 e. The number of rotatable bonds is 6. The highest BCUT2D eigenvalue weighted by molar-refractivity contribution is 7.84.